The molecule has 0 radical (unpaired) electrons. The van der Waals surface area contributed by atoms with Crippen LogP contribution in [0.1, 0.15) is 55.4 Å². The highest BCUT2D eigenvalue weighted by atomic mass is 16.6. The lowest BCUT2D eigenvalue weighted by molar-refractivity contribution is -0.156. The maximum atomic E-state index is 13.2. The maximum Gasteiger partial charge on any atom is 0.312 e. The minimum Gasteiger partial charge on any atom is -0.469 e. The van der Waals surface area contributed by atoms with E-state index in [0.717, 1.165) is 11.1 Å². The average Bonchev–Trinajstić information content (AvgIpc) is 3.42. The fraction of sp³-hybridized carbons (Fsp3) is 0.529. The predicted molar refractivity (Wildman–Crippen MR) is 150 cm³/mol. The van der Waals surface area contributed by atoms with Crippen LogP contribution in [-0.4, -0.2) is 38.4 Å². The Morgan fingerprint density at radius 3 is 1.36 bits per heavy atom. The third-order valence-electron chi connectivity index (χ3n) is 10.3. The number of fused-ring (bicyclic) bond motifs is 5. The summed E-state index contributed by atoms with van der Waals surface area (Å²) in [6.45, 7) is 18.1. The van der Waals surface area contributed by atoms with Crippen LogP contribution < -0.4 is 0 Å². The number of hydrogen-bond acceptors (Lipinski definition) is 5. The Morgan fingerprint density at radius 1 is 0.692 bits per heavy atom. The second kappa shape index (κ2) is 7.84. The van der Waals surface area contributed by atoms with Crippen LogP contribution in [0.5, 0.6) is 0 Å². The van der Waals surface area contributed by atoms with Gasteiger partial charge >= 0.3 is 11.9 Å². The minimum absolute atomic E-state index is 0.0719. The van der Waals surface area contributed by atoms with Crippen molar-refractivity contribution in [2.45, 2.75) is 67.6 Å². The average molecular weight is 529 g/mol. The van der Waals surface area contributed by atoms with Gasteiger partial charge in [0.1, 0.15) is 11.8 Å². The van der Waals surface area contributed by atoms with Crippen molar-refractivity contribution in [3.63, 3.8) is 0 Å². The molecule has 5 heteroatoms. The van der Waals surface area contributed by atoms with Gasteiger partial charge in [-0.2, -0.15) is 0 Å². The van der Waals surface area contributed by atoms with Crippen molar-refractivity contribution < 1.29 is 23.8 Å². The van der Waals surface area contributed by atoms with E-state index in [0.29, 0.717) is 0 Å². The first-order valence-electron chi connectivity index (χ1n) is 14.0. The molecule has 4 aliphatic carbocycles. The molecule has 0 amide bonds. The smallest absolute Gasteiger partial charge is 0.312 e. The van der Waals surface area contributed by atoms with Gasteiger partial charge in [-0.15, -0.1) is 0 Å². The van der Waals surface area contributed by atoms with Crippen molar-refractivity contribution in [2.24, 2.45) is 33.5 Å². The first-order chi connectivity index (χ1) is 18.1. The summed E-state index contributed by atoms with van der Waals surface area (Å²) in [6.07, 6.45) is 12.8. The highest BCUT2D eigenvalue weighted by Gasteiger charge is 2.68. The second-order valence-electron chi connectivity index (χ2n) is 14.2. The van der Waals surface area contributed by atoms with Crippen LogP contribution >= 0.6 is 0 Å². The van der Waals surface area contributed by atoms with E-state index in [2.05, 4.69) is 91.8 Å². The third kappa shape index (κ3) is 3.11. The Bertz CT molecular complexity index is 1330. The zero-order chi connectivity index (χ0) is 28.4. The molecule has 5 nitrogen and oxygen atoms in total. The van der Waals surface area contributed by atoms with Gasteiger partial charge in [-0.05, 0) is 55.4 Å². The number of hydrogen-bond donors (Lipinski definition) is 0. The van der Waals surface area contributed by atoms with E-state index in [1.165, 1.54) is 47.7 Å². The minimum atomic E-state index is -0.753. The summed E-state index contributed by atoms with van der Waals surface area (Å²) in [4.78, 5) is 26.4. The van der Waals surface area contributed by atoms with E-state index < -0.39 is 36.0 Å². The quantitative estimate of drug-likeness (QED) is 0.390. The normalized spacial score (nSPS) is 36.1. The van der Waals surface area contributed by atoms with Crippen LogP contribution in [0.3, 0.4) is 0 Å². The van der Waals surface area contributed by atoms with Gasteiger partial charge in [0.05, 0.1) is 26.4 Å². The van der Waals surface area contributed by atoms with Crippen LogP contribution in [0, 0.1) is 33.5 Å². The molecule has 0 aromatic heterocycles. The molecule has 6 aliphatic rings. The Labute approximate surface area is 232 Å². The molecule has 6 atom stereocenters. The first-order valence-corrected chi connectivity index (χ1v) is 14.0. The highest BCUT2D eigenvalue weighted by molar-refractivity contribution is 5.88. The second-order valence-corrected chi connectivity index (χ2v) is 14.2. The molecule has 2 aliphatic heterocycles. The van der Waals surface area contributed by atoms with Crippen molar-refractivity contribution in [2.75, 3.05) is 14.2 Å². The number of allylic oxidation sites excluding steroid dienone is 12. The van der Waals surface area contributed by atoms with E-state index in [1.807, 2.05) is 0 Å². The number of esters is 2. The number of methoxy groups -OCH3 is 2. The summed E-state index contributed by atoms with van der Waals surface area (Å²) in [5.74, 6) is -2.37. The van der Waals surface area contributed by atoms with Gasteiger partial charge in [-0.3, -0.25) is 9.59 Å². The summed E-state index contributed by atoms with van der Waals surface area (Å²) in [5.41, 5.74) is 8.63. The molecule has 2 fully saturated rings. The summed E-state index contributed by atoms with van der Waals surface area (Å²) >= 11 is 0. The van der Waals surface area contributed by atoms with E-state index in [9.17, 15) is 9.59 Å². The van der Waals surface area contributed by atoms with E-state index >= 15 is 0 Å². The molecule has 2 heterocycles. The summed E-state index contributed by atoms with van der Waals surface area (Å²) < 4.78 is 17.2. The Hall–Kier alpha value is -2.92. The standard InChI is InChI=1S/C34H40O5/c1-31(2,3)19-13-17-11-12-18-14-20(32(4,5)6)16-22-24-23(21(15-19)33(17,7)34(18,22)8)27-25(29(35)37-9)26(28(24)39-27)30(36)38-10/h11-16,25-28H,1-10H3/t25?,26?,27?,28?,33-,34-/m0/s1. The van der Waals surface area contributed by atoms with Crippen LogP contribution in [0.4, 0.5) is 0 Å². The molecule has 39 heavy (non-hydrogen) atoms. The number of carbonyl (C=O) groups is 2. The van der Waals surface area contributed by atoms with Crippen LogP contribution in [0.2, 0.25) is 0 Å². The Morgan fingerprint density at radius 2 is 1.05 bits per heavy atom. The lowest BCUT2D eigenvalue weighted by Crippen LogP contribution is -2.52. The van der Waals surface area contributed by atoms with Gasteiger partial charge < -0.3 is 14.2 Å². The topological polar surface area (TPSA) is 61.8 Å². The van der Waals surface area contributed by atoms with Gasteiger partial charge in [0.25, 0.3) is 0 Å². The SMILES string of the molecule is COC(=O)C1C2OC(C3=C4C=C(C(C)(C)C)C=C5C=CC6=CC(C(C)(C)C)=CC(=C32)[C@@]6(C)[C@@]54C)C1C(=O)OC. The van der Waals surface area contributed by atoms with Gasteiger partial charge in [-0.1, -0.05) is 91.8 Å². The largest absolute Gasteiger partial charge is 0.469 e. The van der Waals surface area contributed by atoms with E-state index in [4.69, 9.17) is 14.2 Å². The van der Waals surface area contributed by atoms with Crippen LogP contribution in [0.15, 0.2) is 81.0 Å². The molecule has 2 bridgehead atoms. The predicted octanol–water partition coefficient (Wildman–Crippen LogP) is 6.36. The molecule has 0 spiro atoms. The maximum absolute atomic E-state index is 13.2. The Balaban J connectivity index is 1.74. The number of carbonyl (C=O) groups excluding carboxylic acids is 2. The van der Waals surface area contributed by atoms with Crippen molar-refractivity contribution in [1.29, 1.82) is 0 Å². The molecule has 206 valence electrons. The fourth-order valence-corrected chi connectivity index (χ4v) is 7.82. The number of rotatable bonds is 2. The van der Waals surface area contributed by atoms with Crippen molar-refractivity contribution in [3.8, 4) is 0 Å². The monoisotopic (exact) mass is 528 g/mol. The molecular formula is C34H40O5. The van der Waals surface area contributed by atoms with Crippen LogP contribution in [0.25, 0.3) is 0 Å². The van der Waals surface area contributed by atoms with Crippen LogP contribution in [-0.2, 0) is 23.8 Å². The summed E-state index contributed by atoms with van der Waals surface area (Å²) in [7, 11) is 2.75. The van der Waals surface area contributed by atoms with Gasteiger partial charge in [-0.25, -0.2) is 0 Å². The first kappa shape index (κ1) is 26.3. The van der Waals surface area contributed by atoms with E-state index in [1.54, 1.807) is 0 Å². The fourth-order valence-electron chi connectivity index (χ4n) is 7.82. The van der Waals surface area contributed by atoms with Crippen molar-refractivity contribution >= 4 is 11.9 Å². The molecule has 6 rings (SSSR count). The van der Waals surface area contributed by atoms with Gasteiger partial charge in [0.2, 0.25) is 0 Å². The summed E-state index contributed by atoms with van der Waals surface area (Å²) in [6, 6.07) is 0. The lowest BCUT2D eigenvalue weighted by atomic mass is 9.43. The number of ether oxygens (including phenoxy) is 3. The molecular weight excluding hydrogens is 488 g/mol. The molecule has 0 N–H and O–H groups in total. The zero-order valence-electron chi connectivity index (χ0n) is 24.8. The molecule has 0 aromatic rings. The van der Waals surface area contributed by atoms with Crippen molar-refractivity contribution in [1.82, 2.24) is 0 Å². The lowest BCUT2D eigenvalue weighted by Gasteiger charge is -2.59. The van der Waals surface area contributed by atoms with Crippen molar-refractivity contribution in [3.05, 3.63) is 81.0 Å². The molecule has 4 unspecified atom stereocenters. The van der Waals surface area contributed by atoms with Gasteiger partial charge in [0.15, 0.2) is 0 Å². The zero-order valence-corrected chi connectivity index (χ0v) is 24.8. The molecule has 0 aromatic carbocycles. The van der Waals surface area contributed by atoms with E-state index in [-0.39, 0.29) is 21.7 Å². The Kier molecular flexibility index (Phi) is 5.29. The highest BCUT2D eigenvalue weighted by Crippen LogP contribution is 2.71. The van der Waals surface area contributed by atoms with Gasteiger partial charge in [0, 0.05) is 10.8 Å². The summed E-state index contributed by atoms with van der Waals surface area (Å²) in [5, 5.41) is 0. The third-order valence-corrected chi connectivity index (χ3v) is 10.3. The molecule has 0 saturated carbocycles. The molecule has 2 saturated heterocycles.